The zero-order valence-corrected chi connectivity index (χ0v) is 14.9. The van der Waals surface area contributed by atoms with Gasteiger partial charge < -0.3 is 9.64 Å². The number of anilines is 1. The molecule has 1 aromatic rings. The van der Waals surface area contributed by atoms with E-state index in [1.165, 1.54) is 6.08 Å². The van der Waals surface area contributed by atoms with Crippen molar-refractivity contribution >= 4 is 27.4 Å². The molecule has 7 heteroatoms. The number of nitrogens with zero attached hydrogens (tertiary/aromatic N) is 1. The Bertz CT molecular complexity index is 815. The number of hydrogen-bond donors (Lipinski definition) is 0. The highest BCUT2D eigenvalue weighted by atomic mass is 32.2. The maximum atomic E-state index is 12.6. The van der Waals surface area contributed by atoms with Crippen molar-refractivity contribution in [1.82, 2.24) is 0 Å². The van der Waals surface area contributed by atoms with Crippen LogP contribution in [0.2, 0.25) is 0 Å². The van der Waals surface area contributed by atoms with Gasteiger partial charge in [0.1, 0.15) is 0 Å². The average Bonchev–Trinajstić information content (AvgIpc) is 2.91. The first kappa shape index (κ1) is 17.7. The summed E-state index contributed by atoms with van der Waals surface area (Å²) in [6.45, 7) is 1.64. The van der Waals surface area contributed by atoms with Gasteiger partial charge in [0.2, 0.25) is 0 Å². The van der Waals surface area contributed by atoms with Crippen LogP contribution in [0.25, 0.3) is 0 Å². The van der Waals surface area contributed by atoms with Gasteiger partial charge in [0.05, 0.1) is 12.2 Å². The number of carbonyl (C=O) groups is 2. The molecule has 2 unspecified atom stereocenters. The van der Waals surface area contributed by atoms with Crippen molar-refractivity contribution < 1.29 is 22.7 Å². The number of para-hydroxylation sites is 1. The summed E-state index contributed by atoms with van der Waals surface area (Å²) in [5, 5.41) is 1.13. The summed E-state index contributed by atoms with van der Waals surface area (Å²) in [6.07, 6.45) is 3.25. The fraction of sp³-hybridized carbons (Fsp3) is 0.444. The molecule has 0 saturated carbocycles. The number of sulfone groups is 1. The van der Waals surface area contributed by atoms with Gasteiger partial charge in [-0.1, -0.05) is 24.3 Å². The maximum absolute atomic E-state index is 12.6. The minimum Gasteiger partial charge on any atom is -0.456 e. The highest BCUT2D eigenvalue weighted by Crippen LogP contribution is 2.30. The van der Waals surface area contributed by atoms with Gasteiger partial charge in [0.25, 0.3) is 5.91 Å². The van der Waals surface area contributed by atoms with Crippen LogP contribution >= 0.6 is 0 Å². The molecule has 2 atom stereocenters. The summed E-state index contributed by atoms with van der Waals surface area (Å²) in [5.74, 6) is -1.27. The predicted molar refractivity (Wildman–Crippen MR) is 93.7 cm³/mol. The maximum Gasteiger partial charge on any atom is 0.306 e. The van der Waals surface area contributed by atoms with E-state index in [4.69, 9.17) is 4.74 Å². The number of amides is 1. The van der Waals surface area contributed by atoms with Crippen molar-refractivity contribution in [3.63, 3.8) is 0 Å². The Kier molecular flexibility index (Phi) is 4.94. The Morgan fingerprint density at radius 2 is 2.04 bits per heavy atom. The van der Waals surface area contributed by atoms with Crippen LogP contribution in [0.5, 0.6) is 0 Å². The van der Waals surface area contributed by atoms with Crippen LogP contribution in [-0.2, 0) is 30.6 Å². The second-order valence-electron chi connectivity index (χ2n) is 6.56. The van der Waals surface area contributed by atoms with E-state index in [1.807, 2.05) is 31.2 Å². The number of aryl methyl sites for hydroxylation is 1. The smallest absolute Gasteiger partial charge is 0.306 e. The van der Waals surface area contributed by atoms with E-state index in [0.717, 1.165) is 29.5 Å². The van der Waals surface area contributed by atoms with E-state index in [1.54, 1.807) is 4.90 Å². The molecule has 0 N–H and O–H groups in total. The SMILES string of the molecule is CC1CCc2ccccc2N1C(=O)COC(=O)CC1C=CS(=O)(=O)C1. The van der Waals surface area contributed by atoms with E-state index in [9.17, 15) is 18.0 Å². The molecule has 0 aliphatic carbocycles. The third-order valence-electron chi connectivity index (χ3n) is 4.58. The first-order chi connectivity index (χ1) is 11.9. The van der Waals surface area contributed by atoms with Crippen LogP contribution in [0.1, 0.15) is 25.3 Å². The summed E-state index contributed by atoms with van der Waals surface area (Å²) in [5.41, 5.74) is 1.98. The van der Waals surface area contributed by atoms with Gasteiger partial charge in [-0.05, 0) is 31.4 Å². The zero-order valence-electron chi connectivity index (χ0n) is 14.1. The number of esters is 1. The van der Waals surface area contributed by atoms with Crippen LogP contribution in [-0.4, -0.2) is 38.7 Å². The minimum atomic E-state index is -3.19. The predicted octanol–water partition coefficient (Wildman–Crippen LogP) is 1.85. The third kappa shape index (κ3) is 4.10. The molecule has 2 aliphatic rings. The van der Waals surface area contributed by atoms with E-state index in [0.29, 0.717) is 0 Å². The molecule has 0 bridgehead atoms. The lowest BCUT2D eigenvalue weighted by Gasteiger charge is -2.35. The molecule has 25 heavy (non-hydrogen) atoms. The van der Waals surface area contributed by atoms with Gasteiger partial charge >= 0.3 is 5.97 Å². The van der Waals surface area contributed by atoms with Crippen LogP contribution in [0, 0.1) is 5.92 Å². The van der Waals surface area contributed by atoms with Crippen molar-refractivity contribution in [2.75, 3.05) is 17.3 Å². The summed E-state index contributed by atoms with van der Waals surface area (Å²) in [4.78, 5) is 26.1. The quantitative estimate of drug-likeness (QED) is 0.763. The Morgan fingerprint density at radius 1 is 1.28 bits per heavy atom. The van der Waals surface area contributed by atoms with Crippen molar-refractivity contribution in [2.24, 2.45) is 5.92 Å². The largest absolute Gasteiger partial charge is 0.456 e. The Hall–Kier alpha value is -2.15. The number of fused-ring (bicyclic) bond motifs is 1. The van der Waals surface area contributed by atoms with E-state index in [2.05, 4.69) is 0 Å². The molecule has 0 radical (unpaired) electrons. The molecule has 6 nitrogen and oxygen atoms in total. The molecular weight excluding hydrogens is 342 g/mol. The lowest BCUT2D eigenvalue weighted by Crippen LogP contribution is -2.44. The van der Waals surface area contributed by atoms with Gasteiger partial charge in [0, 0.05) is 23.1 Å². The van der Waals surface area contributed by atoms with Gasteiger partial charge in [-0.3, -0.25) is 9.59 Å². The van der Waals surface area contributed by atoms with Gasteiger partial charge in [0.15, 0.2) is 16.4 Å². The molecule has 0 saturated heterocycles. The molecule has 1 aromatic carbocycles. The number of rotatable bonds is 4. The van der Waals surface area contributed by atoms with Crippen LogP contribution in [0.3, 0.4) is 0 Å². The van der Waals surface area contributed by atoms with Crippen molar-refractivity contribution in [3.8, 4) is 0 Å². The molecular formula is C18H21NO5S. The van der Waals surface area contributed by atoms with E-state index < -0.39 is 15.8 Å². The molecule has 0 spiro atoms. The van der Waals surface area contributed by atoms with Gasteiger partial charge in [-0.25, -0.2) is 8.42 Å². The van der Waals surface area contributed by atoms with Crippen LogP contribution < -0.4 is 4.90 Å². The normalized spacial score (nSPS) is 24.0. The van der Waals surface area contributed by atoms with Crippen molar-refractivity contribution in [1.29, 1.82) is 0 Å². The summed E-state index contributed by atoms with van der Waals surface area (Å²) < 4.78 is 27.8. The summed E-state index contributed by atoms with van der Waals surface area (Å²) >= 11 is 0. The minimum absolute atomic E-state index is 0.0326. The number of hydrogen-bond acceptors (Lipinski definition) is 5. The number of allylic oxidation sites excluding steroid dienone is 1. The zero-order chi connectivity index (χ0) is 18.0. The average molecular weight is 363 g/mol. The highest BCUT2D eigenvalue weighted by Gasteiger charge is 2.29. The molecule has 134 valence electrons. The van der Waals surface area contributed by atoms with Gasteiger partial charge in [-0.2, -0.15) is 0 Å². The topological polar surface area (TPSA) is 80.8 Å². The summed E-state index contributed by atoms with van der Waals surface area (Å²) in [7, 11) is -3.19. The first-order valence-corrected chi connectivity index (χ1v) is 10.0. The first-order valence-electron chi connectivity index (χ1n) is 8.32. The van der Waals surface area contributed by atoms with Crippen LogP contribution in [0.15, 0.2) is 35.7 Å². The molecule has 0 fully saturated rings. The number of benzene rings is 1. The Balaban J connectivity index is 1.58. The number of ether oxygens (including phenoxy) is 1. The second-order valence-corrected chi connectivity index (χ2v) is 8.49. The second kappa shape index (κ2) is 7.00. The lowest BCUT2D eigenvalue weighted by atomic mass is 9.96. The van der Waals surface area contributed by atoms with E-state index >= 15 is 0 Å². The van der Waals surface area contributed by atoms with Crippen molar-refractivity contribution in [2.45, 2.75) is 32.2 Å². The fourth-order valence-electron chi connectivity index (χ4n) is 3.32. The Morgan fingerprint density at radius 3 is 2.76 bits per heavy atom. The van der Waals surface area contributed by atoms with Gasteiger partial charge in [-0.15, -0.1) is 0 Å². The monoisotopic (exact) mass is 363 g/mol. The molecule has 0 aromatic heterocycles. The standard InChI is InChI=1S/C18H21NO5S/c1-13-6-7-15-4-2-3-5-16(15)19(13)17(20)11-24-18(21)10-14-8-9-25(22,23)12-14/h2-5,8-9,13-14H,6-7,10-12H2,1H3. The third-order valence-corrected chi connectivity index (χ3v) is 6.05. The van der Waals surface area contributed by atoms with Crippen LogP contribution in [0.4, 0.5) is 5.69 Å². The highest BCUT2D eigenvalue weighted by molar-refractivity contribution is 7.94. The molecule has 1 amide bonds. The number of carbonyl (C=O) groups excluding carboxylic acids is 2. The summed E-state index contributed by atoms with van der Waals surface area (Å²) in [6, 6.07) is 7.78. The molecule has 2 heterocycles. The van der Waals surface area contributed by atoms with E-state index in [-0.39, 0.29) is 36.6 Å². The fourth-order valence-corrected chi connectivity index (χ4v) is 4.72. The Labute approximate surface area is 147 Å². The lowest BCUT2D eigenvalue weighted by molar-refractivity contribution is -0.148. The van der Waals surface area contributed by atoms with Crippen molar-refractivity contribution in [3.05, 3.63) is 41.3 Å². The molecule has 2 aliphatic heterocycles. The molecule has 3 rings (SSSR count).